The maximum atomic E-state index is 12.9. The van der Waals surface area contributed by atoms with Gasteiger partial charge in [-0.2, -0.15) is 0 Å². The molecular weight excluding hydrogens is 380 g/mol. The predicted molar refractivity (Wildman–Crippen MR) is 108 cm³/mol. The van der Waals surface area contributed by atoms with Gasteiger partial charge in [0.25, 0.3) is 0 Å². The molecule has 1 N–H and O–H groups in total. The minimum Gasteiger partial charge on any atom is -0.463 e. The fourth-order valence-electron chi connectivity index (χ4n) is 3.56. The molecule has 2 amide bonds. The van der Waals surface area contributed by atoms with E-state index in [2.05, 4.69) is 22.2 Å². The molecule has 0 saturated carbocycles. The monoisotopic (exact) mass is 406 g/mol. The van der Waals surface area contributed by atoms with Crippen LogP contribution in [0.15, 0.2) is 35.5 Å². The van der Waals surface area contributed by atoms with E-state index in [1.165, 1.54) is 4.90 Å². The first-order chi connectivity index (χ1) is 13.4. The third-order valence-electron chi connectivity index (χ3n) is 5.26. The summed E-state index contributed by atoms with van der Waals surface area (Å²) in [6, 6.07) is 6.34. The van der Waals surface area contributed by atoms with Crippen LogP contribution in [0.3, 0.4) is 0 Å². The van der Waals surface area contributed by atoms with E-state index in [4.69, 9.17) is 16.3 Å². The molecule has 8 heteroatoms. The van der Waals surface area contributed by atoms with Crippen LogP contribution in [-0.2, 0) is 9.53 Å². The molecule has 2 heterocycles. The Morgan fingerprint density at radius 3 is 2.54 bits per heavy atom. The Morgan fingerprint density at radius 1 is 1.21 bits per heavy atom. The highest BCUT2D eigenvalue weighted by atomic mass is 35.5. The minimum absolute atomic E-state index is 0.261. The number of urea groups is 1. The van der Waals surface area contributed by atoms with Gasteiger partial charge in [0.15, 0.2) is 0 Å². The fraction of sp³-hybridized carbons (Fsp3) is 0.500. The summed E-state index contributed by atoms with van der Waals surface area (Å²) in [7, 11) is 3.77. The molecule has 0 bridgehead atoms. The Morgan fingerprint density at radius 2 is 1.89 bits per heavy atom. The van der Waals surface area contributed by atoms with Crippen molar-refractivity contribution in [2.24, 2.45) is 0 Å². The molecule has 1 saturated heterocycles. The number of nitrogens with one attached hydrogen (secondary N) is 1. The molecule has 1 aromatic carbocycles. The molecule has 0 aliphatic carbocycles. The maximum Gasteiger partial charge on any atom is 0.338 e. The van der Waals surface area contributed by atoms with Gasteiger partial charge in [0.05, 0.1) is 18.2 Å². The van der Waals surface area contributed by atoms with Crippen molar-refractivity contribution in [2.75, 3.05) is 53.4 Å². The number of rotatable bonds is 5. The molecule has 28 heavy (non-hydrogen) atoms. The SMILES string of the molecule is CCOC(=O)C1=C(CN2CCN(C)CC2)N(C)C(=O)NC1c1ccccc1Cl. The third-order valence-corrected chi connectivity index (χ3v) is 5.60. The van der Waals surface area contributed by atoms with Gasteiger partial charge in [0.1, 0.15) is 0 Å². The number of piperazine rings is 1. The van der Waals surface area contributed by atoms with Gasteiger partial charge in [-0.05, 0) is 25.6 Å². The zero-order valence-corrected chi connectivity index (χ0v) is 17.3. The van der Waals surface area contributed by atoms with Crippen LogP contribution >= 0.6 is 11.6 Å². The second-order valence-corrected chi connectivity index (χ2v) is 7.53. The summed E-state index contributed by atoms with van der Waals surface area (Å²) in [6.07, 6.45) is 0. The molecule has 2 aliphatic rings. The number of carbonyl (C=O) groups is 2. The van der Waals surface area contributed by atoms with Crippen molar-refractivity contribution in [1.29, 1.82) is 0 Å². The van der Waals surface area contributed by atoms with Gasteiger partial charge in [-0.3, -0.25) is 9.80 Å². The molecular formula is C20H27ClN4O3. The van der Waals surface area contributed by atoms with Crippen molar-refractivity contribution < 1.29 is 14.3 Å². The van der Waals surface area contributed by atoms with Crippen LogP contribution in [0.5, 0.6) is 0 Å². The van der Waals surface area contributed by atoms with E-state index in [1.807, 2.05) is 18.2 Å². The molecule has 1 unspecified atom stereocenters. The van der Waals surface area contributed by atoms with Gasteiger partial charge in [-0.15, -0.1) is 0 Å². The smallest absolute Gasteiger partial charge is 0.338 e. The zero-order valence-electron chi connectivity index (χ0n) is 16.6. The number of hydrogen-bond acceptors (Lipinski definition) is 5. The lowest BCUT2D eigenvalue weighted by Crippen LogP contribution is -2.51. The van der Waals surface area contributed by atoms with Crippen LogP contribution in [0.4, 0.5) is 4.79 Å². The van der Waals surface area contributed by atoms with Crippen molar-refractivity contribution >= 4 is 23.6 Å². The zero-order chi connectivity index (χ0) is 20.3. The average Bonchev–Trinajstić information content (AvgIpc) is 2.67. The van der Waals surface area contributed by atoms with Crippen LogP contribution in [0.1, 0.15) is 18.5 Å². The number of carbonyl (C=O) groups excluding carboxylic acids is 2. The second-order valence-electron chi connectivity index (χ2n) is 7.12. The number of likely N-dealkylation sites (N-methyl/N-ethyl adjacent to an activating group) is 2. The molecule has 2 aliphatic heterocycles. The number of esters is 1. The fourth-order valence-corrected chi connectivity index (χ4v) is 3.80. The maximum absolute atomic E-state index is 12.9. The first-order valence-electron chi connectivity index (χ1n) is 9.52. The Balaban J connectivity index is 2.03. The summed E-state index contributed by atoms with van der Waals surface area (Å²) < 4.78 is 5.35. The van der Waals surface area contributed by atoms with Crippen LogP contribution in [0.2, 0.25) is 5.02 Å². The Hall–Kier alpha value is -2.09. The Bertz CT molecular complexity index is 774. The van der Waals surface area contributed by atoms with E-state index < -0.39 is 12.0 Å². The van der Waals surface area contributed by atoms with Crippen molar-refractivity contribution in [1.82, 2.24) is 20.0 Å². The van der Waals surface area contributed by atoms with Gasteiger partial charge in [-0.1, -0.05) is 29.8 Å². The molecule has 0 aromatic heterocycles. The predicted octanol–water partition coefficient (Wildman–Crippen LogP) is 2.10. The number of hydrogen-bond donors (Lipinski definition) is 1. The third kappa shape index (κ3) is 4.32. The molecule has 1 fully saturated rings. The molecule has 152 valence electrons. The number of ether oxygens (including phenoxy) is 1. The van der Waals surface area contributed by atoms with Gasteiger partial charge < -0.3 is 15.0 Å². The lowest BCUT2D eigenvalue weighted by atomic mass is 9.94. The van der Waals surface area contributed by atoms with Crippen molar-refractivity contribution in [3.8, 4) is 0 Å². The van der Waals surface area contributed by atoms with Crippen LogP contribution in [0, 0.1) is 0 Å². The van der Waals surface area contributed by atoms with Crippen LogP contribution in [0.25, 0.3) is 0 Å². The molecule has 0 spiro atoms. The summed E-state index contributed by atoms with van der Waals surface area (Å²) >= 11 is 6.39. The molecule has 1 aromatic rings. The number of halogens is 1. The molecule has 7 nitrogen and oxygen atoms in total. The standard InChI is InChI=1S/C20H27ClN4O3/c1-4-28-19(26)17-16(13-25-11-9-23(2)10-12-25)24(3)20(27)22-18(17)14-7-5-6-8-15(14)21/h5-8,18H,4,9-13H2,1-3H3,(H,22,27). The summed E-state index contributed by atoms with van der Waals surface area (Å²) in [6.45, 7) is 6.19. The number of amides is 2. The number of benzene rings is 1. The van der Waals surface area contributed by atoms with E-state index in [0.29, 0.717) is 28.4 Å². The van der Waals surface area contributed by atoms with Gasteiger partial charge in [0.2, 0.25) is 0 Å². The van der Waals surface area contributed by atoms with E-state index in [-0.39, 0.29) is 12.6 Å². The Labute approximate surface area is 170 Å². The lowest BCUT2D eigenvalue weighted by Gasteiger charge is -2.39. The van der Waals surface area contributed by atoms with E-state index in [0.717, 1.165) is 26.2 Å². The molecule has 0 radical (unpaired) electrons. The summed E-state index contributed by atoms with van der Waals surface area (Å²) in [4.78, 5) is 31.6. The first kappa shape index (κ1) is 20.6. The van der Waals surface area contributed by atoms with Gasteiger partial charge in [0, 0.05) is 50.5 Å². The second kappa shape index (κ2) is 8.94. The summed E-state index contributed by atoms with van der Waals surface area (Å²) in [5.41, 5.74) is 1.79. The Kier molecular flexibility index (Phi) is 6.59. The summed E-state index contributed by atoms with van der Waals surface area (Å²) in [5.74, 6) is -0.427. The summed E-state index contributed by atoms with van der Waals surface area (Å²) in [5, 5.41) is 3.40. The quantitative estimate of drug-likeness (QED) is 0.758. The van der Waals surface area contributed by atoms with E-state index in [1.54, 1.807) is 20.0 Å². The average molecular weight is 407 g/mol. The van der Waals surface area contributed by atoms with Crippen molar-refractivity contribution in [2.45, 2.75) is 13.0 Å². The van der Waals surface area contributed by atoms with E-state index in [9.17, 15) is 9.59 Å². The molecule has 1 atom stereocenters. The molecule has 3 rings (SSSR count). The largest absolute Gasteiger partial charge is 0.463 e. The highest BCUT2D eigenvalue weighted by Crippen LogP contribution is 2.34. The van der Waals surface area contributed by atoms with Gasteiger partial charge in [-0.25, -0.2) is 9.59 Å². The van der Waals surface area contributed by atoms with E-state index >= 15 is 0 Å². The van der Waals surface area contributed by atoms with Crippen molar-refractivity contribution in [3.63, 3.8) is 0 Å². The van der Waals surface area contributed by atoms with Crippen LogP contribution < -0.4 is 5.32 Å². The van der Waals surface area contributed by atoms with Crippen LogP contribution in [-0.4, -0.2) is 80.1 Å². The first-order valence-corrected chi connectivity index (χ1v) is 9.89. The minimum atomic E-state index is -0.640. The van der Waals surface area contributed by atoms with Gasteiger partial charge >= 0.3 is 12.0 Å². The topological polar surface area (TPSA) is 65.1 Å². The number of nitrogens with zero attached hydrogens (tertiary/aromatic N) is 3. The highest BCUT2D eigenvalue weighted by molar-refractivity contribution is 6.31. The normalized spacial score (nSPS) is 21.6. The lowest BCUT2D eigenvalue weighted by molar-refractivity contribution is -0.139. The highest BCUT2D eigenvalue weighted by Gasteiger charge is 2.38. The van der Waals surface area contributed by atoms with Crippen molar-refractivity contribution in [3.05, 3.63) is 46.1 Å².